The summed E-state index contributed by atoms with van der Waals surface area (Å²) in [6, 6.07) is 11.5. The van der Waals surface area contributed by atoms with Crippen LogP contribution >= 0.6 is 11.8 Å². The molecule has 3 heterocycles. The lowest BCUT2D eigenvalue weighted by Gasteiger charge is -2.26. The van der Waals surface area contributed by atoms with Crippen LogP contribution in [0.3, 0.4) is 0 Å². The quantitative estimate of drug-likeness (QED) is 0.667. The Morgan fingerprint density at radius 3 is 2.69 bits per heavy atom. The van der Waals surface area contributed by atoms with E-state index in [1.54, 1.807) is 23.5 Å². The van der Waals surface area contributed by atoms with E-state index in [4.69, 9.17) is 4.74 Å². The van der Waals surface area contributed by atoms with Crippen LogP contribution in [0.15, 0.2) is 48.9 Å². The van der Waals surface area contributed by atoms with Gasteiger partial charge >= 0.3 is 0 Å². The van der Waals surface area contributed by atoms with Crippen molar-refractivity contribution in [3.05, 3.63) is 48.9 Å². The number of thioether (sulfide) groups is 1. The minimum atomic E-state index is -0.160. The number of rotatable bonds is 6. The fourth-order valence-electron chi connectivity index (χ4n) is 3.08. The molecular formula is C20H21N5O3S. The smallest absolute Gasteiger partial charge is 0.234 e. The molecule has 1 saturated heterocycles. The van der Waals surface area contributed by atoms with Crippen LogP contribution in [-0.4, -0.2) is 69.1 Å². The Balaban J connectivity index is 1.28. The lowest BCUT2D eigenvalue weighted by atomic mass is 10.3. The molecule has 1 aliphatic rings. The van der Waals surface area contributed by atoms with E-state index >= 15 is 0 Å². The second kappa shape index (κ2) is 9.06. The van der Waals surface area contributed by atoms with Gasteiger partial charge in [-0.05, 0) is 24.3 Å². The molecule has 29 heavy (non-hydrogen) atoms. The highest BCUT2D eigenvalue weighted by atomic mass is 32.2. The fraction of sp³-hybridized carbons (Fsp3) is 0.300. The number of pyridine rings is 1. The highest BCUT2D eigenvalue weighted by Crippen LogP contribution is 2.17. The predicted octanol–water partition coefficient (Wildman–Crippen LogP) is 1.95. The minimum absolute atomic E-state index is 0.0460. The summed E-state index contributed by atoms with van der Waals surface area (Å²) >= 11 is 1.31. The Labute approximate surface area is 172 Å². The number of anilines is 1. The number of para-hydroxylation sites is 2. The van der Waals surface area contributed by atoms with Gasteiger partial charge in [0.05, 0.1) is 47.6 Å². The molecular weight excluding hydrogens is 390 g/mol. The number of morpholine rings is 1. The summed E-state index contributed by atoms with van der Waals surface area (Å²) in [4.78, 5) is 34.8. The topological polar surface area (TPSA) is 89.4 Å². The second-order valence-corrected chi connectivity index (χ2v) is 7.53. The average molecular weight is 411 g/mol. The molecule has 2 amide bonds. The van der Waals surface area contributed by atoms with E-state index in [1.807, 2.05) is 34.9 Å². The van der Waals surface area contributed by atoms with Gasteiger partial charge in [0.1, 0.15) is 12.1 Å². The first-order valence-corrected chi connectivity index (χ1v) is 10.5. The molecule has 0 spiro atoms. The Morgan fingerprint density at radius 1 is 1.07 bits per heavy atom. The number of benzene rings is 1. The van der Waals surface area contributed by atoms with Crippen molar-refractivity contribution in [1.82, 2.24) is 19.4 Å². The van der Waals surface area contributed by atoms with E-state index in [2.05, 4.69) is 15.3 Å². The summed E-state index contributed by atoms with van der Waals surface area (Å²) in [7, 11) is 0. The predicted molar refractivity (Wildman–Crippen MR) is 112 cm³/mol. The van der Waals surface area contributed by atoms with E-state index < -0.39 is 0 Å². The molecule has 0 aliphatic carbocycles. The lowest BCUT2D eigenvalue weighted by molar-refractivity contribution is -0.132. The number of aromatic nitrogens is 3. The monoisotopic (exact) mass is 411 g/mol. The van der Waals surface area contributed by atoms with Crippen molar-refractivity contribution < 1.29 is 14.3 Å². The maximum atomic E-state index is 12.1. The third-order valence-electron chi connectivity index (χ3n) is 4.55. The molecule has 1 aromatic carbocycles. The van der Waals surface area contributed by atoms with Gasteiger partial charge in [-0.25, -0.2) is 9.97 Å². The molecule has 1 N–H and O–H groups in total. The number of nitrogens with zero attached hydrogens (tertiary/aromatic N) is 4. The summed E-state index contributed by atoms with van der Waals surface area (Å²) in [5.74, 6) is 1.11. The third-order valence-corrected chi connectivity index (χ3v) is 5.47. The van der Waals surface area contributed by atoms with Gasteiger partial charge in [0, 0.05) is 13.1 Å². The SMILES string of the molecule is O=C(CSCC(=O)N1CCOCC1)Nc1ccc(-n2cnc3ccccc32)nc1. The molecule has 0 radical (unpaired) electrons. The summed E-state index contributed by atoms with van der Waals surface area (Å²) in [6.07, 6.45) is 3.35. The summed E-state index contributed by atoms with van der Waals surface area (Å²) in [5, 5.41) is 2.81. The van der Waals surface area contributed by atoms with E-state index in [0.29, 0.717) is 32.0 Å². The zero-order valence-electron chi connectivity index (χ0n) is 15.8. The van der Waals surface area contributed by atoms with Crippen LogP contribution in [0.5, 0.6) is 0 Å². The first-order valence-electron chi connectivity index (χ1n) is 9.32. The molecule has 2 aromatic heterocycles. The normalized spacial score (nSPS) is 14.1. The van der Waals surface area contributed by atoms with Gasteiger partial charge in [-0.2, -0.15) is 0 Å². The van der Waals surface area contributed by atoms with Crippen LogP contribution in [0.4, 0.5) is 5.69 Å². The largest absolute Gasteiger partial charge is 0.378 e. The zero-order chi connectivity index (χ0) is 20.1. The van der Waals surface area contributed by atoms with Crippen LogP contribution < -0.4 is 5.32 Å². The molecule has 4 rings (SSSR count). The molecule has 9 heteroatoms. The van der Waals surface area contributed by atoms with Gasteiger partial charge in [-0.15, -0.1) is 11.8 Å². The number of imidazole rings is 1. The van der Waals surface area contributed by atoms with Crippen molar-refractivity contribution in [2.45, 2.75) is 0 Å². The Morgan fingerprint density at radius 2 is 1.90 bits per heavy atom. The minimum Gasteiger partial charge on any atom is -0.378 e. The van der Waals surface area contributed by atoms with Crippen LogP contribution in [0, 0.1) is 0 Å². The van der Waals surface area contributed by atoms with E-state index in [-0.39, 0.29) is 23.3 Å². The highest BCUT2D eigenvalue weighted by molar-refractivity contribution is 8.00. The van der Waals surface area contributed by atoms with Crippen LogP contribution in [0.2, 0.25) is 0 Å². The van der Waals surface area contributed by atoms with Gasteiger partial charge in [0.2, 0.25) is 11.8 Å². The van der Waals surface area contributed by atoms with Crippen molar-refractivity contribution >= 4 is 40.3 Å². The molecule has 150 valence electrons. The number of carbonyl (C=O) groups excluding carboxylic acids is 2. The molecule has 0 saturated carbocycles. The van der Waals surface area contributed by atoms with Gasteiger partial charge in [0.15, 0.2) is 0 Å². The maximum absolute atomic E-state index is 12.1. The van der Waals surface area contributed by atoms with Crippen molar-refractivity contribution in [2.75, 3.05) is 43.1 Å². The van der Waals surface area contributed by atoms with Crippen molar-refractivity contribution in [2.24, 2.45) is 0 Å². The molecule has 8 nitrogen and oxygen atoms in total. The van der Waals surface area contributed by atoms with Crippen molar-refractivity contribution in [3.8, 4) is 5.82 Å². The number of hydrogen-bond acceptors (Lipinski definition) is 6. The number of amides is 2. The van der Waals surface area contributed by atoms with E-state index in [0.717, 1.165) is 16.9 Å². The molecule has 0 unspecified atom stereocenters. The molecule has 3 aromatic rings. The van der Waals surface area contributed by atoms with Crippen LogP contribution in [0.25, 0.3) is 16.9 Å². The fourth-order valence-corrected chi connectivity index (χ4v) is 3.79. The van der Waals surface area contributed by atoms with Gasteiger partial charge in [-0.3, -0.25) is 14.2 Å². The number of fused-ring (bicyclic) bond motifs is 1. The first-order chi connectivity index (χ1) is 14.2. The first kappa shape index (κ1) is 19.4. The molecule has 1 fully saturated rings. The summed E-state index contributed by atoms with van der Waals surface area (Å²) in [6.45, 7) is 2.40. The Hall–Kier alpha value is -2.91. The molecule has 1 aliphatic heterocycles. The number of ether oxygens (including phenoxy) is 1. The highest BCUT2D eigenvalue weighted by Gasteiger charge is 2.17. The third kappa shape index (κ3) is 4.75. The van der Waals surface area contributed by atoms with E-state index in [1.165, 1.54) is 11.8 Å². The van der Waals surface area contributed by atoms with Gasteiger partial charge in [-0.1, -0.05) is 12.1 Å². The zero-order valence-corrected chi connectivity index (χ0v) is 16.6. The summed E-state index contributed by atoms with van der Waals surface area (Å²) in [5.41, 5.74) is 2.48. The Bertz CT molecular complexity index is 999. The van der Waals surface area contributed by atoms with Crippen LogP contribution in [0.1, 0.15) is 0 Å². The number of nitrogens with one attached hydrogen (secondary N) is 1. The van der Waals surface area contributed by atoms with Crippen molar-refractivity contribution in [1.29, 1.82) is 0 Å². The van der Waals surface area contributed by atoms with Gasteiger partial charge < -0.3 is 15.0 Å². The average Bonchev–Trinajstić information content (AvgIpc) is 3.19. The molecule has 0 atom stereocenters. The van der Waals surface area contributed by atoms with E-state index in [9.17, 15) is 9.59 Å². The van der Waals surface area contributed by atoms with Crippen LogP contribution in [-0.2, 0) is 14.3 Å². The van der Waals surface area contributed by atoms with Crippen molar-refractivity contribution in [3.63, 3.8) is 0 Å². The second-order valence-electron chi connectivity index (χ2n) is 6.54. The van der Waals surface area contributed by atoms with Gasteiger partial charge in [0.25, 0.3) is 0 Å². The summed E-state index contributed by atoms with van der Waals surface area (Å²) < 4.78 is 7.13. The Kier molecular flexibility index (Phi) is 6.06. The molecule has 0 bridgehead atoms. The lowest BCUT2D eigenvalue weighted by Crippen LogP contribution is -2.41. The maximum Gasteiger partial charge on any atom is 0.234 e. The number of hydrogen-bond donors (Lipinski definition) is 1. The number of carbonyl (C=O) groups is 2. The standard InChI is InChI=1S/C20H21N5O3S/c26-19(12-29-13-20(27)24-7-9-28-10-8-24)23-15-5-6-18(21-11-15)25-14-22-16-3-1-2-4-17(16)25/h1-6,11,14H,7-10,12-13H2,(H,23,26).